The summed E-state index contributed by atoms with van der Waals surface area (Å²) in [6, 6.07) is 0. The van der Waals surface area contributed by atoms with Crippen LogP contribution in [0.4, 0.5) is 0 Å². The summed E-state index contributed by atoms with van der Waals surface area (Å²) in [4.78, 5) is 10.7. The lowest BCUT2D eigenvalue weighted by Gasteiger charge is -2.21. The molecule has 0 rings (SSSR count). The summed E-state index contributed by atoms with van der Waals surface area (Å²) >= 11 is 0. The highest BCUT2D eigenvalue weighted by Gasteiger charge is 2.19. The van der Waals surface area contributed by atoms with Crippen molar-refractivity contribution in [1.29, 1.82) is 0 Å². The Morgan fingerprint density at radius 1 is 1.50 bits per heavy atom. The minimum atomic E-state index is -0.586. The average Bonchev–Trinajstić information content (AvgIpc) is 1.82. The van der Waals surface area contributed by atoms with Crippen LogP contribution in [0, 0.1) is 5.41 Å². The number of aliphatic hydroxyl groups excluding tert-OH is 1. The Labute approximate surface area is 73.7 Å². The highest BCUT2D eigenvalue weighted by molar-refractivity contribution is 5.69. The van der Waals surface area contributed by atoms with Crippen LogP contribution in [0.1, 0.15) is 33.6 Å². The minimum Gasteiger partial charge on any atom is -0.469 e. The lowest BCUT2D eigenvalue weighted by atomic mass is 9.88. The summed E-state index contributed by atoms with van der Waals surface area (Å²) in [5.41, 5.74) is 0.0490. The first-order valence-corrected chi connectivity index (χ1v) is 4.10. The van der Waals surface area contributed by atoms with Crippen molar-refractivity contribution >= 4 is 5.97 Å². The van der Waals surface area contributed by atoms with E-state index in [1.165, 1.54) is 7.11 Å². The van der Waals surface area contributed by atoms with Crippen molar-refractivity contribution in [2.45, 2.75) is 39.7 Å². The molecule has 0 saturated heterocycles. The quantitative estimate of drug-likeness (QED) is 0.657. The van der Waals surface area contributed by atoms with Crippen LogP contribution in [0.2, 0.25) is 0 Å². The largest absolute Gasteiger partial charge is 0.469 e. The van der Waals surface area contributed by atoms with Crippen molar-refractivity contribution in [3.05, 3.63) is 0 Å². The van der Waals surface area contributed by atoms with Crippen LogP contribution in [0.5, 0.6) is 0 Å². The van der Waals surface area contributed by atoms with E-state index < -0.39 is 6.10 Å². The molecule has 12 heavy (non-hydrogen) atoms. The molecule has 3 heteroatoms. The zero-order valence-corrected chi connectivity index (χ0v) is 8.26. The summed E-state index contributed by atoms with van der Waals surface area (Å²) in [6.45, 7) is 6.06. The monoisotopic (exact) mass is 174 g/mol. The van der Waals surface area contributed by atoms with Crippen molar-refractivity contribution < 1.29 is 14.6 Å². The maximum Gasteiger partial charge on any atom is 0.308 e. The standard InChI is InChI=1S/C9H18O3/c1-9(2,3)6-7(10)5-8(11)12-4/h7,10H,5-6H2,1-4H3. The van der Waals surface area contributed by atoms with Crippen LogP contribution in [0.25, 0.3) is 0 Å². The van der Waals surface area contributed by atoms with E-state index in [1.807, 2.05) is 20.8 Å². The van der Waals surface area contributed by atoms with Gasteiger partial charge in [0.15, 0.2) is 0 Å². The molecule has 0 aromatic heterocycles. The molecule has 0 bridgehead atoms. The van der Waals surface area contributed by atoms with Crippen molar-refractivity contribution in [3.63, 3.8) is 0 Å². The summed E-state index contributed by atoms with van der Waals surface area (Å²) in [6.07, 6.45) is 0.119. The predicted octanol–water partition coefficient (Wildman–Crippen LogP) is 1.35. The first kappa shape index (κ1) is 11.4. The molecule has 0 spiro atoms. The molecule has 0 aliphatic heterocycles. The van der Waals surface area contributed by atoms with Gasteiger partial charge in [-0.25, -0.2) is 0 Å². The van der Waals surface area contributed by atoms with Crippen LogP contribution in [0.15, 0.2) is 0 Å². The van der Waals surface area contributed by atoms with Crippen LogP contribution in [-0.4, -0.2) is 24.3 Å². The highest BCUT2D eigenvalue weighted by Crippen LogP contribution is 2.21. The summed E-state index contributed by atoms with van der Waals surface area (Å²) in [5, 5.41) is 9.39. The number of aliphatic hydroxyl groups is 1. The van der Waals surface area contributed by atoms with E-state index in [-0.39, 0.29) is 17.8 Å². The molecule has 0 aliphatic rings. The third-order valence-corrected chi connectivity index (χ3v) is 1.48. The third-order valence-electron chi connectivity index (χ3n) is 1.48. The van der Waals surface area contributed by atoms with Gasteiger partial charge in [-0.05, 0) is 11.8 Å². The molecule has 1 N–H and O–H groups in total. The molecule has 72 valence electrons. The van der Waals surface area contributed by atoms with Gasteiger partial charge in [0.25, 0.3) is 0 Å². The predicted molar refractivity (Wildman–Crippen MR) is 46.7 cm³/mol. The molecule has 1 atom stereocenters. The number of carbonyl (C=O) groups excluding carboxylic acids is 1. The summed E-state index contributed by atoms with van der Waals surface area (Å²) in [7, 11) is 1.33. The summed E-state index contributed by atoms with van der Waals surface area (Å²) < 4.78 is 4.44. The normalized spacial score (nSPS) is 14.1. The second-order valence-electron chi connectivity index (χ2n) is 4.20. The molecule has 0 radical (unpaired) electrons. The topological polar surface area (TPSA) is 46.5 Å². The Morgan fingerprint density at radius 2 is 2.00 bits per heavy atom. The van der Waals surface area contributed by atoms with E-state index in [4.69, 9.17) is 0 Å². The zero-order valence-electron chi connectivity index (χ0n) is 8.26. The Hall–Kier alpha value is -0.570. The number of carbonyl (C=O) groups is 1. The van der Waals surface area contributed by atoms with Crippen molar-refractivity contribution in [3.8, 4) is 0 Å². The van der Waals surface area contributed by atoms with Gasteiger partial charge in [0.2, 0.25) is 0 Å². The zero-order chi connectivity index (χ0) is 9.78. The Balaban J connectivity index is 3.74. The molecule has 0 heterocycles. The van der Waals surface area contributed by atoms with Crippen LogP contribution >= 0.6 is 0 Å². The van der Waals surface area contributed by atoms with Gasteiger partial charge in [0, 0.05) is 0 Å². The van der Waals surface area contributed by atoms with E-state index in [0.29, 0.717) is 6.42 Å². The first-order chi connectivity index (χ1) is 5.35. The molecular weight excluding hydrogens is 156 g/mol. The molecule has 3 nitrogen and oxygen atoms in total. The maximum atomic E-state index is 10.7. The number of hydrogen-bond donors (Lipinski definition) is 1. The molecule has 0 aromatic rings. The van der Waals surface area contributed by atoms with Gasteiger partial charge < -0.3 is 9.84 Å². The number of rotatable bonds is 3. The second-order valence-corrected chi connectivity index (χ2v) is 4.20. The maximum absolute atomic E-state index is 10.7. The van der Waals surface area contributed by atoms with Gasteiger partial charge in [-0.3, -0.25) is 4.79 Å². The van der Waals surface area contributed by atoms with Gasteiger partial charge in [-0.15, -0.1) is 0 Å². The van der Waals surface area contributed by atoms with Gasteiger partial charge in [-0.2, -0.15) is 0 Å². The van der Waals surface area contributed by atoms with Crippen LogP contribution < -0.4 is 0 Å². The van der Waals surface area contributed by atoms with Gasteiger partial charge in [-0.1, -0.05) is 20.8 Å². The van der Waals surface area contributed by atoms with Gasteiger partial charge in [0.1, 0.15) is 0 Å². The van der Waals surface area contributed by atoms with E-state index in [1.54, 1.807) is 0 Å². The Morgan fingerprint density at radius 3 is 2.33 bits per heavy atom. The molecular formula is C9H18O3. The van der Waals surface area contributed by atoms with Crippen LogP contribution in [0.3, 0.4) is 0 Å². The molecule has 1 unspecified atom stereocenters. The SMILES string of the molecule is COC(=O)CC(O)CC(C)(C)C. The smallest absolute Gasteiger partial charge is 0.308 e. The molecule has 0 fully saturated rings. The fourth-order valence-electron chi connectivity index (χ4n) is 1.05. The van der Waals surface area contributed by atoms with Gasteiger partial charge in [0.05, 0.1) is 19.6 Å². The first-order valence-electron chi connectivity index (χ1n) is 4.10. The second kappa shape index (κ2) is 4.45. The third kappa shape index (κ3) is 6.16. The average molecular weight is 174 g/mol. The van der Waals surface area contributed by atoms with E-state index in [2.05, 4.69) is 4.74 Å². The lowest BCUT2D eigenvalue weighted by molar-refractivity contribution is -0.143. The van der Waals surface area contributed by atoms with E-state index >= 15 is 0 Å². The molecule has 0 amide bonds. The lowest BCUT2D eigenvalue weighted by Crippen LogP contribution is -2.21. The molecule has 0 saturated carbocycles. The highest BCUT2D eigenvalue weighted by atomic mass is 16.5. The molecule has 0 aromatic carbocycles. The van der Waals surface area contributed by atoms with Crippen molar-refractivity contribution in [2.75, 3.05) is 7.11 Å². The minimum absolute atomic E-state index is 0.0490. The number of esters is 1. The van der Waals surface area contributed by atoms with E-state index in [0.717, 1.165) is 0 Å². The fraction of sp³-hybridized carbons (Fsp3) is 0.889. The number of hydrogen-bond acceptors (Lipinski definition) is 3. The van der Waals surface area contributed by atoms with Gasteiger partial charge >= 0.3 is 5.97 Å². The fourth-order valence-corrected chi connectivity index (χ4v) is 1.05. The molecule has 0 aliphatic carbocycles. The number of methoxy groups -OCH3 is 1. The van der Waals surface area contributed by atoms with Crippen molar-refractivity contribution in [2.24, 2.45) is 5.41 Å². The Kier molecular flexibility index (Phi) is 4.24. The van der Waals surface area contributed by atoms with E-state index in [9.17, 15) is 9.90 Å². The summed E-state index contributed by atoms with van der Waals surface area (Å²) in [5.74, 6) is -0.355. The van der Waals surface area contributed by atoms with Crippen molar-refractivity contribution in [1.82, 2.24) is 0 Å². The Bertz CT molecular complexity index is 146. The number of ether oxygens (including phenoxy) is 1. The van der Waals surface area contributed by atoms with Crippen LogP contribution in [-0.2, 0) is 9.53 Å².